The number of aromatic nitrogens is 3. The molecule has 0 radical (unpaired) electrons. The first-order valence-electron chi connectivity index (χ1n) is 5.82. The summed E-state index contributed by atoms with van der Waals surface area (Å²) in [6.45, 7) is 7.69. The van der Waals surface area contributed by atoms with Crippen molar-refractivity contribution in [1.82, 2.24) is 14.8 Å². The number of amides is 1. The lowest BCUT2D eigenvalue weighted by Crippen LogP contribution is -2.20. The molecular formula is C12H15ClN4OS. The zero-order valence-electron chi connectivity index (χ0n) is 11.2. The van der Waals surface area contributed by atoms with Crippen LogP contribution in [-0.4, -0.2) is 20.7 Å². The molecule has 1 amide bonds. The molecule has 7 heteroatoms. The molecule has 1 N–H and O–H groups in total. The van der Waals surface area contributed by atoms with E-state index >= 15 is 0 Å². The summed E-state index contributed by atoms with van der Waals surface area (Å²) in [7, 11) is 0. The lowest BCUT2D eigenvalue weighted by molar-refractivity contribution is -0.116. The molecule has 0 aliphatic rings. The molecule has 0 aliphatic carbocycles. The summed E-state index contributed by atoms with van der Waals surface area (Å²) in [6, 6.07) is 0. The van der Waals surface area contributed by atoms with Gasteiger partial charge in [0.2, 0.25) is 5.91 Å². The summed E-state index contributed by atoms with van der Waals surface area (Å²) >= 11 is 7.51. The maximum absolute atomic E-state index is 11.9. The first kappa shape index (κ1) is 14.0. The standard InChI is InChI=1S/C12H15ClN4OS/c1-6-9(4)19-12(14-6)15-10(18)5-17-8(3)11(13)7(2)16-17/h5H2,1-4H3,(H,14,15,18). The van der Waals surface area contributed by atoms with E-state index in [1.54, 1.807) is 4.68 Å². The minimum atomic E-state index is -0.156. The van der Waals surface area contributed by atoms with Gasteiger partial charge < -0.3 is 5.32 Å². The van der Waals surface area contributed by atoms with Crippen molar-refractivity contribution < 1.29 is 4.79 Å². The summed E-state index contributed by atoms with van der Waals surface area (Å²) in [5, 5.41) is 8.22. The van der Waals surface area contributed by atoms with E-state index in [9.17, 15) is 4.79 Å². The van der Waals surface area contributed by atoms with Gasteiger partial charge in [-0.2, -0.15) is 5.10 Å². The van der Waals surface area contributed by atoms with E-state index in [2.05, 4.69) is 15.4 Å². The summed E-state index contributed by atoms with van der Waals surface area (Å²) < 4.78 is 1.60. The van der Waals surface area contributed by atoms with Gasteiger partial charge in [-0.1, -0.05) is 11.6 Å². The highest BCUT2D eigenvalue weighted by Crippen LogP contribution is 2.22. The van der Waals surface area contributed by atoms with Gasteiger partial charge in [-0.3, -0.25) is 9.48 Å². The van der Waals surface area contributed by atoms with Gasteiger partial charge in [0.05, 0.1) is 22.1 Å². The molecule has 2 rings (SSSR count). The second kappa shape index (κ2) is 5.30. The fourth-order valence-electron chi connectivity index (χ4n) is 1.65. The van der Waals surface area contributed by atoms with Crippen molar-refractivity contribution in [2.75, 3.05) is 5.32 Å². The summed E-state index contributed by atoms with van der Waals surface area (Å²) in [4.78, 5) is 17.3. The van der Waals surface area contributed by atoms with E-state index in [1.165, 1.54) is 11.3 Å². The molecule has 2 aromatic heterocycles. The Labute approximate surface area is 120 Å². The first-order valence-corrected chi connectivity index (χ1v) is 7.01. The number of halogens is 1. The maximum Gasteiger partial charge on any atom is 0.247 e. The smallest absolute Gasteiger partial charge is 0.247 e. The van der Waals surface area contributed by atoms with E-state index in [4.69, 9.17) is 11.6 Å². The lowest BCUT2D eigenvalue weighted by atomic mass is 10.4. The predicted octanol–water partition coefficient (Wildman–Crippen LogP) is 2.87. The molecule has 5 nitrogen and oxygen atoms in total. The summed E-state index contributed by atoms with van der Waals surface area (Å²) in [5.74, 6) is -0.156. The third kappa shape index (κ3) is 2.96. The number of rotatable bonds is 3. The van der Waals surface area contributed by atoms with Crippen LogP contribution in [0.15, 0.2) is 0 Å². The van der Waals surface area contributed by atoms with Crippen molar-refractivity contribution in [3.05, 3.63) is 27.0 Å². The van der Waals surface area contributed by atoms with Crippen LogP contribution in [0, 0.1) is 27.7 Å². The number of anilines is 1. The second-order valence-electron chi connectivity index (χ2n) is 4.35. The molecule has 19 heavy (non-hydrogen) atoms. The van der Waals surface area contributed by atoms with Gasteiger partial charge in [-0.25, -0.2) is 4.98 Å². The monoisotopic (exact) mass is 298 g/mol. The quantitative estimate of drug-likeness (QED) is 0.948. The molecule has 102 valence electrons. The van der Waals surface area contributed by atoms with Crippen LogP contribution in [0.2, 0.25) is 5.02 Å². The average molecular weight is 299 g/mol. The number of carbonyl (C=O) groups excluding carboxylic acids is 1. The van der Waals surface area contributed by atoms with Crippen molar-refractivity contribution >= 4 is 34.0 Å². The van der Waals surface area contributed by atoms with E-state index in [0.717, 1.165) is 22.0 Å². The number of hydrogen-bond acceptors (Lipinski definition) is 4. The van der Waals surface area contributed by atoms with E-state index < -0.39 is 0 Å². The molecule has 0 saturated carbocycles. The zero-order valence-corrected chi connectivity index (χ0v) is 12.8. The van der Waals surface area contributed by atoms with Crippen LogP contribution in [-0.2, 0) is 11.3 Å². The third-order valence-electron chi connectivity index (χ3n) is 2.86. The second-order valence-corrected chi connectivity index (χ2v) is 5.93. The van der Waals surface area contributed by atoms with Crippen LogP contribution in [0.1, 0.15) is 22.0 Å². The largest absolute Gasteiger partial charge is 0.300 e. The van der Waals surface area contributed by atoms with Crippen LogP contribution in [0.25, 0.3) is 0 Å². The van der Waals surface area contributed by atoms with E-state index in [0.29, 0.717) is 10.2 Å². The highest BCUT2D eigenvalue weighted by atomic mass is 35.5. The molecule has 0 fully saturated rings. The van der Waals surface area contributed by atoms with E-state index in [1.807, 2.05) is 27.7 Å². The van der Waals surface area contributed by atoms with Gasteiger partial charge in [0, 0.05) is 4.88 Å². The number of nitrogens with one attached hydrogen (secondary N) is 1. The highest BCUT2D eigenvalue weighted by molar-refractivity contribution is 7.15. The van der Waals surface area contributed by atoms with Crippen LogP contribution in [0.4, 0.5) is 5.13 Å². The molecule has 0 aliphatic heterocycles. The van der Waals surface area contributed by atoms with Crippen molar-refractivity contribution in [1.29, 1.82) is 0 Å². The number of aryl methyl sites for hydroxylation is 3. The van der Waals surface area contributed by atoms with Gasteiger partial charge in [-0.05, 0) is 27.7 Å². The Morgan fingerprint density at radius 1 is 1.32 bits per heavy atom. The normalized spacial score (nSPS) is 10.8. The Balaban J connectivity index is 2.07. The Bertz CT molecular complexity index is 612. The van der Waals surface area contributed by atoms with Gasteiger partial charge in [0.1, 0.15) is 6.54 Å². The van der Waals surface area contributed by atoms with Crippen molar-refractivity contribution in [2.24, 2.45) is 0 Å². The molecule has 2 heterocycles. The highest BCUT2D eigenvalue weighted by Gasteiger charge is 2.13. The molecule has 0 aromatic carbocycles. The van der Waals surface area contributed by atoms with Gasteiger partial charge >= 0.3 is 0 Å². The van der Waals surface area contributed by atoms with Crippen LogP contribution in [0.5, 0.6) is 0 Å². The Kier molecular flexibility index (Phi) is 3.91. The topological polar surface area (TPSA) is 59.8 Å². The summed E-state index contributed by atoms with van der Waals surface area (Å²) in [5.41, 5.74) is 2.46. The Hall–Kier alpha value is -1.40. The summed E-state index contributed by atoms with van der Waals surface area (Å²) in [6.07, 6.45) is 0. The van der Waals surface area contributed by atoms with Crippen molar-refractivity contribution in [2.45, 2.75) is 34.2 Å². The van der Waals surface area contributed by atoms with Crippen LogP contribution in [0.3, 0.4) is 0 Å². The maximum atomic E-state index is 11.9. The van der Waals surface area contributed by atoms with Crippen molar-refractivity contribution in [3.63, 3.8) is 0 Å². The molecule has 2 aromatic rings. The minimum Gasteiger partial charge on any atom is -0.300 e. The zero-order chi connectivity index (χ0) is 14.2. The van der Waals surface area contributed by atoms with Gasteiger partial charge in [0.15, 0.2) is 5.13 Å². The first-order chi connectivity index (χ1) is 8.88. The molecule has 0 bridgehead atoms. The SMILES string of the molecule is Cc1nc(NC(=O)Cn2nc(C)c(Cl)c2C)sc1C. The molecule has 0 saturated heterocycles. The Morgan fingerprint density at radius 2 is 2.00 bits per heavy atom. The minimum absolute atomic E-state index is 0.136. The predicted molar refractivity (Wildman–Crippen MR) is 76.9 cm³/mol. The molecule has 0 atom stereocenters. The average Bonchev–Trinajstić information content (AvgIpc) is 2.75. The van der Waals surface area contributed by atoms with E-state index in [-0.39, 0.29) is 12.5 Å². The Morgan fingerprint density at radius 3 is 2.47 bits per heavy atom. The number of hydrogen-bond donors (Lipinski definition) is 1. The van der Waals surface area contributed by atoms with Gasteiger partial charge in [-0.15, -0.1) is 11.3 Å². The molecule has 0 spiro atoms. The lowest BCUT2D eigenvalue weighted by Gasteiger charge is -2.04. The fourth-order valence-corrected chi connectivity index (χ4v) is 2.62. The third-order valence-corrected chi connectivity index (χ3v) is 4.40. The van der Waals surface area contributed by atoms with Gasteiger partial charge in [0.25, 0.3) is 0 Å². The fraction of sp³-hybridized carbons (Fsp3) is 0.417. The number of thiazole rings is 1. The van der Waals surface area contributed by atoms with Crippen LogP contribution >= 0.6 is 22.9 Å². The number of carbonyl (C=O) groups is 1. The molecular weight excluding hydrogens is 284 g/mol. The van der Waals surface area contributed by atoms with Crippen LogP contribution < -0.4 is 5.32 Å². The van der Waals surface area contributed by atoms with Crippen molar-refractivity contribution in [3.8, 4) is 0 Å². The molecule has 0 unspecified atom stereocenters. The number of nitrogens with zero attached hydrogens (tertiary/aromatic N) is 3.